The molecule has 2 N–H and O–H groups in total. The van der Waals surface area contributed by atoms with Crippen LogP contribution in [0.4, 0.5) is 4.39 Å². The molecule has 2 aromatic carbocycles. The lowest BCUT2D eigenvalue weighted by Gasteiger charge is -2.21. The van der Waals surface area contributed by atoms with Gasteiger partial charge in [-0.2, -0.15) is 0 Å². The number of hydrogen-bond acceptors (Lipinski definition) is 2. The van der Waals surface area contributed by atoms with Crippen LogP contribution in [0.3, 0.4) is 0 Å². The second-order valence-corrected chi connectivity index (χ2v) is 4.62. The smallest absolute Gasteiger partial charge is 0.325 e. The molecule has 20 heavy (non-hydrogen) atoms. The molecule has 2 unspecified atom stereocenters. The number of halogens is 1. The van der Waals surface area contributed by atoms with Gasteiger partial charge in [-0.3, -0.25) is 10.1 Å². The Hall–Kier alpha value is -2.20. The molecular weight excluding hydrogens is 257 g/mol. The number of carboxylic acids is 1. The van der Waals surface area contributed by atoms with Gasteiger partial charge >= 0.3 is 5.97 Å². The number of rotatable bonds is 5. The summed E-state index contributed by atoms with van der Waals surface area (Å²) in [6.45, 7) is 1.85. The van der Waals surface area contributed by atoms with E-state index in [0.717, 1.165) is 5.56 Å². The Balaban J connectivity index is 2.16. The van der Waals surface area contributed by atoms with E-state index in [1.807, 2.05) is 13.0 Å². The van der Waals surface area contributed by atoms with Gasteiger partial charge < -0.3 is 5.11 Å². The minimum absolute atomic E-state index is 0.197. The molecule has 0 bridgehead atoms. The van der Waals surface area contributed by atoms with Crippen molar-refractivity contribution >= 4 is 5.97 Å². The monoisotopic (exact) mass is 273 g/mol. The molecule has 0 heterocycles. The predicted octanol–water partition coefficient (Wildman–Crippen LogP) is 3.30. The molecule has 0 saturated carbocycles. The van der Waals surface area contributed by atoms with E-state index < -0.39 is 12.0 Å². The van der Waals surface area contributed by atoms with Crippen LogP contribution in [-0.2, 0) is 4.79 Å². The first kappa shape index (κ1) is 14.2. The number of carbonyl (C=O) groups is 1. The van der Waals surface area contributed by atoms with Crippen LogP contribution < -0.4 is 5.32 Å². The summed E-state index contributed by atoms with van der Waals surface area (Å²) in [5.41, 5.74) is 1.53. The van der Waals surface area contributed by atoms with Gasteiger partial charge in [0, 0.05) is 6.04 Å². The van der Waals surface area contributed by atoms with E-state index in [2.05, 4.69) is 5.32 Å². The van der Waals surface area contributed by atoms with Crippen molar-refractivity contribution in [2.45, 2.75) is 19.0 Å². The van der Waals surface area contributed by atoms with Crippen molar-refractivity contribution in [3.05, 3.63) is 71.5 Å². The quantitative estimate of drug-likeness (QED) is 0.878. The number of benzene rings is 2. The molecule has 3 nitrogen and oxygen atoms in total. The van der Waals surface area contributed by atoms with Crippen molar-refractivity contribution in [1.29, 1.82) is 0 Å². The van der Waals surface area contributed by atoms with Crippen LogP contribution in [0, 0.1) is 5.82 Å². The van der Waals surface area contributed by atoms with E-state index in [9.17, 15) is 14.3 Å². The first-order valence-electron chi connectivity index (χ1n) is 6.37. The first-order chi connectivity index (χ1) is 9.58. The minimum Gasteiger partial charge on any atom is -0.480 e. The van der Waals surface area contributed by atoms with E-state index in [-0.39, 0.29) is 11.9 Å². The van der Waals surface area contributed by atoms with E-state index in [1.54, 1.807) is 36.4 Å². The summed E-state index contributed by atoms with van der Waals surface area (Å²) < 4.78 is 12.9. The molecule has 4 heteroatoms. The van der Waals surface area contributed by atoms with Crippen molar-refractivity contribution in [3.8, 4) is 0 Å². The molecule has 0 radical (unpaired) electrons. The van der Waals surface area contributed by atoms with Gasteiger partial charge in [0.25, 0.3) is 0 Å². The summed E-state index contributed by atoms with van der Waals surface area (Å²) in [7, 11) is 0. The fourth-order valence-electron chi connectivity index (χ4n) is 2.05. The molecule has 0 fully saturated rings. The van der Waals surface area contributed by atoms with Crippen molar-refractivity contribution < 1.29 is 14.3 Å². The molecule has 2 atom stereocenters. The van der Waals surface area contributed by atoms with Crippen LogP contribution in [-0.4, -0.2) is 11.1 Å². The summed E-state index contributed by atoms with van der Waals surface area (Å²) in [6, 6.07) is 14.0. The number of nitrogens with one attached hydrogen (secondary N) is 1. The molecule has 0 spiro atoms. The average molecular weight is 273 g/mol. The Morgan fingerprint density at radius 2 is 1.65 bits per heavy atom. The molecule has 0 aliphatic rings. The van der Waals surface area contributed by atoms with Crippen LogP contribution in [0.5, 0.6) is 0 Å². The highest BCUT2D eigenvalue weighted by atomic mass is 19.1. The van der Waals surface area contributed by atoms with E-state index >= 15 is 0 Å². The number of carboxylic acid groups (broad SMARTS) is 1. The maximum absolute atomic E-state index is 12.9. The molecule has 0 aliphatic heterocycles. The molecule has 0 amide bonds. The Morgan fingerprint density at radius 3 is 2.20 bits per heavy atom. The summed E-state index contributed by atoms with van der Waals surface area (Å²) >= 11 is 0. The van der Waals surface area contributed by atoms with Crippen LogP contribution in [0.1, 0.15) is 30.1 Å². The van der Waals surface area contributed by atoms with Gasteiger partial charge in [-0.1, -0.05) is 42.5 Å². The van der Waals surface area contributed by atoms with Crippen LogP contribution >= 0.6 is 0 Å². The lowest BCUT2D eigenvalue weighted by atomic mass is 10.0. The second kappa shape index (κ2) is 6.30. The van der Waals surface area contributed by atoms with Gasteiger partial charge in [-0.15, -0.1) is 0 Å². The number of aliphatic carboxylic acids is 1. The summed E-state index contributed by atoms with van der Waals surface area (Å²) in [5, 5.41) is 12.4. The van der Waals surface area contributed by atoms with E-state index in [1.165, 1.54) is 12.1 Å². The highest BCUT2D eigenvalue weighted by molar-refractivity contribution is 5.75. The SMILES string of the molecule is CC(NC(C(=O)O)c1ccccc1)c1ccc(F)cc1. The van der Waals surface area contributed by atoms with Gasteiger partial charge in [-0.05, 0) is 30.2 Å². The largest absolute Gasteiger partial charge is 0.480 e. The van der Waals surface area contributed by atoms with Gasteiger partial charge in [-0.25, -0.2) is 4.39 Å². The summed E-state index contributed by atoms with van der Waals surface area (Å²) in [5.74, 6) is -1.25. The standard InChI is InChI=1S/C16H16FNO2/c1-11(12-7-9-14(17)10-8-12)18-15(16(19)20)13-5-3-2-4-6-13/h2-11,15,18H,1H3,(H,19,20). The van der Waals surface area contributed by atoms with Gasteiger partial charge in [0.1, 0.15) is 11.9 Å². The normalized spacial score (nSPS) is 13.7. The van der Waals surface area contributed by atoms with Crippen molar-refractivity contribution in [3.63, 3.8) is 0 Å². The Labute approximate surface area is 117 Å². The van der Waals surface area contributed by atoms with Crippen LogP contribution in [0.2, 0.25) is 0 Å². The van der Waals surface area contributed by atoms with Gasteiger partial charge in [0.2, 0.25) is 0 Å². The van der Waals surface area contributed by atoms with Crippen molar-refractivity contribution in [2.24, 2.45) is 0 Å². The molecule has 0 aliphatic carbocycles. The van der Waals surface area contributed by atoms with Crippen LogP contribution in [0.15, 0.2) is 54.6 Å². The lowest BCUT2D eigenvalue weighted by Crippen LogP contribution is -2.30. The Kier molecular flexibility index (Phi) is 4.48. The van der Waals surface area contributed by atoms with Crippen LogP contribution in [0.25, 0.3) is 0 Å². The zero-order valence-corrected chi connectivity index (χ0v) is 11.1. The average Bonchev–Trinajstić information content (AvgIpc) is 2.46. The lowest BCUT2D eigenvalue weighted by molar-refractivity contribution is -0.139. The summed E-state index contributed by atoms with van der Waals surface area (Å²) in [6.07, 6.45) is 0. The van der Waals surface area contributed by atoms with Crippen molar-refractivity contribution in [1.82, 2.24) is 5.32 Å². The predicted molar refractivity (Wildman–Crippen MR) is 74.8 cm³/mol. The molecule has 2 rings (SSSR count). The second-order valence-electron chi connectivity index (χ2n) is 4.62. The topological polar surface area (TPSA) is 49.3 Å². The van der Waals surface area contributed by atoms with E-state index in [0.29, 0.717) is 5.56 Å². The molecule has 104 valence electrons. The zero-order valence-electron chi connectivity index (χ0n) is 11.1. The maximum Gasteiger partial charge on any atom is 0.325 e. The zero-order chi connectivity index (χ0) is 14.5. The summed E-state index contributed by atoms with van der Waals surface area (Å²) in [4.78, 5) is 11.4. The van der Waals surface area contributed by atoms with E-state index in [4.69, 9.17) is 0 Å². The number of hydrogen-bond donors (Lipinski definition) is 2. The van der Waals surface area contributed by atoms with Crippen molar-refractivity contribution in [2.75, 3.05) is 0 Å². The Morgan fingerprint density at radius 1 is 1.05 bits per heavy atom. The fraction of sp³-hybridized carbons (Fsp3) is 0.188. The molecule has 0 saturated heterocycles. The Bertz CT molecular complexity index is 569. The van der Waals surface area contributed by atoms with Gasteiger partial charge in [0.05, 0.1) is 0 Å². The highest BCUT2D eigenvalue weighted by Crippen LogP contribution is 2.20. The first-order valence-corrected chi connectivity index (χ1v) is 6.37. The maximum atomic E-state index is 12.9. The molecule has 0 aromatic heterocycles. The molecular formula is C16H16FNO2. The van der Waals surface area contributed by atoms with Gasteiger partial charge in [0.15, 0.2) is 0 Å². The third kappa shape index (κ3) is 3.42. The highest BCUT2D eigenvalue weighted by Gasteiger charge is 2.21. The molecule has 2 aromatic rings. The fourth-order valence-corrected chi connectivity index (χ4v) is 2.05. The third-order valence-corrected chi connectivity index (χ3v) is 3.17. The third-order valence-electron chi connectivity index (χ3n) is 3.17. The minimum atomic E-state index is -0.940.